The molecular formula is C13H17N3Si. The second-order valence-corrected chi connectivity index (χ2v) is 10.1. The van der Waals surface area contributed by atoms with E-state index in [-0.39, 0.29) is 0 Å². The number of hydrogen-bond donors (Lipinski definition) is 0. The molecule has 0 saturated carbocycles. The Morgan fingerprint density at radius 3 is 2.53 bits per heavy atom. The van der Waals surface area contributed by atoms with E-state index in [4.69, 9.17) is 0 Å². The van der Waals surface area contributed by atoms with Gasteiger partial charge in [0.1, 0.15) is 14.4 Å². The molecule has 0 amide bonds. The molecule has 2 heterocycles. The van der Waals surface area contributed by atoms with Crippen LogP contribution in [-0.4, -0.2) is 22.7 Å². The molecule has 0 N–H and O–H groups in total. The van der Waals surface area contributed by atoms with E-state index >= 15 is 0 Å². The molecule has 2 aromatic heterocycles. The van der Waals surface area contributed by atoms with Gasteiger partial charge in [0.25, 0.3) is 0 Å². The van der Waals surface area contributed by atoms with Crippen LogP contribution < -0.4 is 0 Å². The molecule has 0 aromatic carbocycles. The summed E-state index contributed by atoms with van der Waals surface area (Å²) >= 11 is 0. The number of pyridine rings is 1. The van der Waals surface area contributed by atoms with Crippen LogP contribution in [0.15, 0.2) is 12.5 Å². The van der Waals surface area contributed by atoms with Gasteiger partial charge in [-0.15, -0.1) is 5.54 Å². The molecule has 0 aliphatic heterocycles. The molecule has 0 aliphatic carbocycles. The monoisotopic (exact) mass is 243 g/mol. The molecule has 0 saturated heterocycles. The highest BCUT2D eigenvalue weighted by Gasteiger charge is 2.10. The summed E-state index contributed by atoms with van der Waals surface area (Å²) in [7, 11) is -1.34. The van der Waals surface area contributed by atoms with Gasteiger partial charge in [-0.05, 0) is 25.0 Å². The summed E-state index contributed by atoms with van der Waals surface area (Å²) in [4.78, 5) is 4.24. The minimum atomic E-state index is -1.34. The molecule has 88 valence electrons. The summed E-state index contributed by atoms with van der Waals surface area (Å²) in [5.74, 6) is 3.30. The highest BCUT2D eigenvalue weighted by atomic mass is 28.3. The second-order valence-electron chi connectivity index (χ2n) is 5.32. The summed E-state index contributed by atoms with van der Waals surface area (Å²) < 4.78 is 1.80. The van der Waals surface area contributed by atoms with Crippen LogP contribution in [0.5, 0.6) is 0 Å². The summed E-state index contributed by atoms with van der Waals surface area (Å²) in [5.41, 5.74) is 7.73. The number of fused-ring (bicyclic) bond motifs is 1. The lowest BCUT2D eigenvalue weighted by molar-refractivity contribution is 0.947. The highest BCUT2D eigenvalue weighted by Crippen LogP contribution is 2.16. The molecule has 0 atom stereocenters. The van der Waals surface area contributed by atoms with Crippen molar-refractivity contribution in [1.29, 1.82) is 0 Å². The minimum absolute atomic E-state index is 0.918. The average Bonchev–Trinajstić information content (AvgIpc) is 2.68. The van der Waals surface area contributed by atoms with Gasteiger partial charge in [-0.1, -0.05) is 25.6 Å². The van der Waals surface area contributed by atoms with Gasteiger partial charge in [0.05, 0.1) is 0 Å². The van der Waals surface area contributed by atoms with Crippen LogP contribution in [0, 0.1) is 25.3 Å². The summed E-state index contributed by atoms with van der Waals surface area (Å²) in [6, 6.07) is 0. The van der Waals surface area contributed by atoms with Crippen molar-refractivity contribution in [2.45, 2.75) is 33.5 Å². The Bertz CT molecular complexity index is 624. The van der Waals surface area contributed by atoms with Crippen molar-refractivity contribution in [2.24, 2.45) is 0 Å². The third-order valence-electron chi connectivity index (χ3n) is 2.70. The van der Waals surface area contributed by atoms with Gasteiger partial charge in [-0.2, -0.15) is 5.10 Å². The molecule has 0 aliphatic rings. The van der Waals surface area contributed by atoms with Crippen LogP contribution in [0.3, 0.4) is 0 Å². The lowest BCUT2D eigenvalue weighted by Gasteiger charge is -2.07. The number of hydrogen-bond acceptors (Lipinski definition) is 2. The molecule has 2 aromatic rings. The minimum Gasteiger partial charge on any atom is -0.220 e. The fourth-order valence-corrected chi connectivity index (χ4v) is 2.09. The van der Waals surface area contributed by atoms with Crippen molar-refractivity contribution < 1.29 is 0 Å². The molecule has 0 spiro atoms. The van der Waals surface area contributed by atoms with Gasteiger partial charge >= 0.3 is 0 Å². The van der Waals surface area contributed by atoms with E-state index in [9.17, 15) is 0 Å². The molecule has 0 fully saturated rings. The third kappa shape index (κ3) is 2.39. The maximum atomic E-state index is 4.24. The molecule has 2 rings (SSSR count). The van der Waals surface area contributed by atoms with Gasteiger partial charge in [0, 0.05) is 11.8 Å². The molecule has 17 heavy (non-hydrogen) atoms. The molecule has 0 unspecified atom stereocenters. The topological polar surface area (TPSA) is 30.2 Å². The van der Waals surface area contributed by atoms with Crippen molar-refractivity contribution >= 4 is 13.7 Å². The largest absolute Gasteiger partial charge is 0.220 e. The second kappa shape index (κ2) is 4.01. The maximum Gasteiger partial charge on any atom is 0.158 e. The Hall–Kier alpha value is -1.60. The van der Waals surface area contributed by atoms with Crippen LogP contribution in [0.25, 0.3) is 5.65 Å². The summed E-state index contributed by atoms with van der Waals surface area (Å²) in [5, 5.41) is 4.17. The van der Waals surface area contributed by atoms with Crippen molar-refractivity contribution in [3.8, 4) is 11.5 Å². The predicted molar refractivity (Wildman–Crippen MR) is 72.7 cm³/mol. The van der Waals surface area contributed by atoms with Crippen molar-refractivity contribution in [3.05, 3.63) is 29.2 Å². The van der Waals surface area contributed by atoms with Gasteiger partial charge in [-0.3, -0.25) is 0 Å². The lowest BCUT2D eigenvalue weighted by Crippen LogP contribution is -2.16. The Balaban J connectivity index is 2.61. The van der Waals surface area contributed by atoms with E-state index in [2.05, 4.69) is 55.0 Å². The van der Waals surface area contributed by atoms with Crippen molar-refractivity contribution in [2.75, 3.05) is 0 Å². The zero-order valence-electron chi connectivity index (χ0n) is 11.0. The van der Waals surface area contributed by atoms with Crippen molar-refractivity contribution in [3.63, 3.8) is 0 Å². The van der Waals surface area contributed by atoms with E-state index in [1.165, 1.54) is 5.56 Å². The average molecular weight is 243 g/mol. The molecule has 3 nitrogen and oxygen atoms in total. The van der Waals surface area contributed by atoms with E-state index in [1.54, 1.807) is 10.8 Å². The molecular weight excluding hydrogens is 226 g/mol. The zero-order valence-corrected chi connectivity index (χ0v) is 12.0. The Morgan fingerprint density at radius 2 is 1.88 bits per heavy atom. The fraction of sp³-hybridized carbons (Fsp3) is 0.385. The first kappa shape index (κ1) is 11.9. The fourth-order valence-electron chi connectivity index (χ4n) is 1.58. The third-order valence-corrected chi connectivity index (χ3v) is 3.57. The SMILES string of the molecule is Cc1c(C#C[Si](C)(C)C)cn2ncnc2c1C. The Morgan fingerprint density at radius 1 is 1.18 bits per heavy atom. The smallest absolute Gasteiger partial charge is 0.158 e. The van der Waals surface area contributed by atoms with Gasteiger partial charge in [-0.25, -0.2) is 9.50 Å². The molecule has 0 radical (unpaired) electrons. The summed E-state index contributed by atoms with van der Waals surface area (Å²) in [6.45, 7) is 10.9. The van der Waals surface area contributed by atoms with Crippen LogP contribution in [-0.2, 0) is 0 Å². The van der Waals surface area contributed by atoms with E-state index in [1.807, 2.05) is 6.20 Å². The first-order valence-electron chi connectivity index (χ1n) is 5.71. The van der Waals surface area contributed by atoms with Gasteiger partial charge in [0.2, 0.25) is 0 Å². The quantitative estimate of drug-likeness (QED) is 0.526. The van der Waals surface area contributed by atoms with Crippen LogP contribution in [0.2, 0.25) is 19.6 Å². The summed E-state index contributed by atoms with van der Waals surface area (Å²) in [6.07, 6.45) is 3.55. The van der Waals surface area contributed by atoms with E-state index < -0.39 is 8.07 Å². The number of rotatable bonds is 0. The lowest BCUT2D eigenvalue weighted by atomic mass is 10.1. The van der Waals surface area contributed by atoms with E-state index in [0.29, 0.717) is 0 Å². The molecule has 0 bridgehead atoms. The first-order chi connectivity index (χ1) is 7.88. The van der Waals surface area contributed by atoms with Crippen LogP contribution in [0.4, 0.5) is 0 Å². The highest BCUT2D eigenvalue weighted by molar-refractivity contribution is 6.83. The maximum absolute atomic E-state index is 4.24. The van der Waals surface area contributed by atoms with Crippen molar-refractivity contribution in [1.82, 2.24) is 14.6 Å². The van der Waals surface area contributed by atoms with Crippen LogP contribution in [0.1, 0.15) is 16.7 Å². The Kier molecular flexibility index (Phi) is 2.80. The standard InChI is InChI=1S/C13H17N3Si/c1-10-11(2)13-14-9-15-16(13)8-12(10)6-7-17(3,4)5/h8-9H,1-5H3. The van der Waals surface area contributed by atoms with E-state index in [0.717, 1.165) is 16.8 Å². The number of aryl methyl sites for hydroxylation is 1. The molecule has 4 heteroatoms. The van der Waals surface area contributed by atoms with Crippen LogP contribution >= 0.6 is 0 Å². The van der Waals surface area contributed by atoms with Gasteiger partial charge in [0.15, 0.2) is 5.65 Å². The Labute approximate surface area is 103 Å². The van der Waals surface area contributed by atoms with Gasteiger partial charge < -0.3 is 0 Å². The zero-order chi connectivity index (χ0) is 12.6. The normalized spacial score (nSPS) is 11.4. The number of nitrogens with zero attached hydrogens (tertiary/aromatic N) is 3. The first-order valence-corrected chi connectivity index (χ1v) is 9.21. The predicted octanol–water partition coefficient (Wildman–Crippen LogP) is 2.58. The number of aromatic nitrogens is 3.